The molecule has 4 N–H and O–H groups in total. The van der Waals surface area contributed by atoms with Crippen molar-refractivity contribution in [3.63, 3.8) is 0 Å². The summed E-state index contributed by atoms with van der Waals surface area (Å²) in [5.74, 6) is 1.65. The fourth-order valence-corrected chi connectivity index (χ4v) is 4.31. The lowest BCUT2D eigenvalue weighted by Crippen LogP contribution is -2.38. The van der Waals surface area contributed by atoms with Crippen LogP contribution in [0.1, 0.15) is 109 Å². The average Bonchev–Trinajstić information content (AvgIpc) is 3.52. The Labute approximate surface area is 257 Å². The van der Waals surface area contributed by atoms with E-state index in [1.54, 1.807) is 17.3 Å². The van der Waals surface area contributed by atoms with E-state index in [9.17, 15) is 4.79 Å². The molecule has 0 saturated carbocycles. The molecule has 0 aliphatic carbocycles. The Morgan fingerprint density at radius 3 is 2.33 bits per heavy atom. The fourth-order valence-electron chi connectivity index (χ4n) is 4.31. The van der Waals surface area contributed by atoms with Gasteiger partial charge in [0.1, 0.15) is 11.7 Å². The summed E-state index contributed by atoms with van der Waals surface area (Å²) < 4.78 is 0. The number of amidine groups is 1. The number of carbonyl (C=O) groups excluding carboxylic acids is 1. The molecule has 1 aromatic carbocycles. The van der Waals surface area contributed by atoms with Gasteiger partial charge in [0.15, 0.2) is 0 Å². The van der Waals surface area contributed by atoms with Gasteiger partial charge in [-0.2, -0.15) is 0 Å². The number of benzene rings is 1. The number of hydrogen-bond donors (Lipinski definition) is 3. The number of amides is 1. The molecule has 0 saturated heterocycles. The standard InChI is InChI=1S/C29H47N7O.C3H8.C2H6/c1-5-9-16-31-17-14-24(6-2)15-20-35(8-4)21-25-10-12-26(13-11-25)29(37)36(22-27(30)32-7-3)23-28-33-18-19-34-28;1-3-2;1-2/h7,10-13,18-19,24,31H,3,5-6,8-9,14-17,20-23H2,1-2,4H3,(H2,30,32)(H,33,34);3H2,1-2H3;1-2H3. The van der Waals surface area contributed by atoms with Crippen molar-refractivity contribution in [1.29, 1.82) is 0 Å². The SMILES string of the molecule is C=CN=C(N)CN(Cc1ncc[nH]1)C(=O)c1ccc(CN(CC)CCC(CC)CCNCCCC)cc1.CC.CCC. The molecule has 2 rings (SSSR count). The molecule has 0 bridgehead atoms. The predicted octanol–water partition coefficient (Wildman–Crippen LogP) is 7.01. The maximum atomic E-state index is 13.3. The monoisotopic (exact) mass is 583 g/mol. The minimum Gasteiger partial charge on any atom is -0.386 e. The summed E-state index contributed by atoms with van der Waals surface area (Å²) in [5, 5.41) is 3.58. The van der Waals surface area contributed by atoms with E-state index in [1.807, 2.05) is 26.0 Å². The van der Waals surface area contributed by atoms with Crippen LogP contribution >= 0.6 is 0 Å². The second-order valence-electron chi connectivity index (χ2n) is 10.2. The topological polar surface area (TPSA) is 103 Å². The van der Waals surface area contributed by atoms with Gasteiger partial charge in [0, 0.05) is 30.7 Å². The number of nitrogens with one attached hydrogen (secondary N) is 2. The van der Waals surface area contributed by atoms with E-state index in [4.69, 9.17) is 5.73 Å². The molecule has 42 heavy (non-hydrogen) atoms. The van der Waals surface area contributed by atoms with E-state index < -0.39 is 0 Å². The molecule has 0 aliphatic heterocycles. The molecular formula is C34H61N7O. The highest BCUT2D eigenvalue weighted by Gasteiger charge is 2.19. The number of aromatic nitrogens is 2. The van der Waals surface area contributed by atoms with E-state index in [-0.39, 0.29) is 12.5 Å². The summed E-state index contributed by atoms with van der Waals surface area (Å²) in [5.41, 5.74) is 7.80. The third kappa shape index (κ3) is 17.1. The van der Waals surface area contributed by atoms with Crippen molar-refractivity contribution in [2.75, 3.05) is 32.7 Å². The van der Waals surface area contributed by atoms with Crippen LogP contribution in [0.4, 0.5) is 0 Å². The molecule has 1 atom stereocenters. The van der Waals surface area contributed by atoms with Crippen molar-refractivity contribution >= 4 is 11.7 Å². The van der Waals surface area contributed by atoms with Crippen LogP contribution in [-0.2, 0) is 13.1 Å². The minimum atomic E-state index is -0.115. The number of aliphatic imine (C=N–C) groups is 1. The van der Waals surface area contributed by atoms with Gasteiger partial charge in [0.05, 0.1) is 13.1 Å². The molecule has 0 spiro atoms. The summed E-state index contributed by atoms with van der Waals surface area (Å²) in [4.78, 5) is 28.7. The number of nitrogens with zero attached hydrogens (tertiary/aromatic N) is 4. The molecule has 0 fully saturated rings. The van der Waals surface area contributed by atoms with E-state index in [0.717, 1.165) is 38.6 Å². The highest BCUT2D eigenvalue weighted by molar-refractivity contribution is 5.97. The quantitative estimate of drug-likeness (QED) is 0.0937. The van der Waals surface area contributed by atoms with Crippen molar-refractivity contribution in [2.24, 2.45) is 16.6 Å². The molecule has 0 radical (unpaired) electrons. The van der Waals surface area contributed by atoms with Crippen molar-refractivity contribution in [2.45, 2.75) is 100 Å². The first-order chi connectivity index (χ1) is 20.4. The van der Waals surface area contributed by atoms with E-state index in [2.05, 4.69) is 78.5 Å². The summed E-state index contributed by atoms with van der Waals surface area (Å²) in [6, 6.07) is 7.91. The highest BCUT2D eigenvalue weighted by atomic mass is 16.2. The molecule has 1 aromatic heterocycles. The Kier molecular flexibility index (Phi) is 23.9. The van der Waals surface area contributed by atoms with Gasteiger partial charge in [-0.25, -0.2) is 9.98 Å². The molecule has 1 amide bonds. The molecule has 238 valence electrons. The van der Waals surface area contributed by atoms with Gasteiger partial charge in [0.2, 0.25) is 0 Å². The van der Waals surface area contributed by atoms with Gasteiger partial charge in [-0.05, 0) is 69.1 Å². The van der Waals surface area contributed by atoms with Gasteiger partial charge in [-0.15, -0.1) is 0 Å². The van der Waals surface area contributed by atoms with E-state index in [0.29, 0.717) is 23.8 Å². The van der Waals surface area contributed by atoms with Crippen molar-refractivity contribution in [1.82, 2.24) is 25.1 Å². The number of aromatic amines is 1. The molecular weight excluding hydrogens is 522 g/mol. The number of rotatable bonds is 19. The summed E-state index contributed by atoms with van der Waals surface area (Å²) in [7, 11) is 0. The first-order valence-electron chi connectivity index (χ1n) is 16.1. The zero-order chi connectivity index (χ0) is 31.6. The highest BCUT2D eigenvalue weighted by Crippen LogP contribution is 2.16. The lowest BCUT2D eigenvalue weighted by atomic mass is 9.98. The maximum absolute atomic E-state index is 13.3. The Bertz CT molecular complexity index is 941. The van der Waals surface area contributed by atoms with Crippen molar-refractivity contribution in [3.8, 4) is 0 Å². The second-order valence-corrected chi connectivity index (χ2v) is 10.2. The van der Waals surface area contributed by atoms with E-state index >= 15 is 0 Å². The molecule has 8 heteroatoms. The van der Waals surface area contributed by atoms with Crippen molar-refractivity contribution in [3.05, 3.63) is 66.4 Å². The van der Waals surface area contributed by atoms with Crippen LogP contribution < -0.4 is 11.1 Å². The number of H-pyrrole nitrogens is 1. The first kappa shape index (κ1) is 39.0. The first-order valence-corrected chi connectivity index (χ1v) is 16.1. The van der Waals surface area contributed by atoms with Gasteiger partial charge in [0.25, 0.3) is 5.91 Å². The van der Waals surface area contributed by atoms with Gasteiger partial charge < -0.3 is 20.9 Å². The molecule has 0 aliphatic rings. The van der Waals surface area contributed by atoms with Crippen LogP contribution in [0.5, 0.6) is 0 Å². The van der Waals surface area contributed by atoms with Crippen LogP contribution in [0, 0.1) is 5.92 Å². The Morgan fingerprint density at radius 2 is 1.79 bits per heavy atom. The predicted molar refractivity (Wildman–Crippen MR) is 181 cm³/mol. The van der Waals surface area contributed by atoms with Gasteiger partial charge in [-0.3, -0.25) is 9.69 Å². The van der Waals surface area contributed by atoms with Crippen LogP contribution in [0.2, 0.25) is 0 Å². The lowest BCUT2D eigenvalue weighted by molar-refractivity contribution is 0.0764. The Morgan fingerprint density at radius 1 is 1.10 bits per heavy atom. The molecule has 1 unspecified atom stereocenters. The minimum absolute atomic E-state index is 0.115. The van der Waals surface area contributed by atoms with Crippen LogP contribution in [-0.4, -0.2) is 64.2 Å². The maximum Gasteiger partial charge on any atom is 0.254 e. The number of imidazole rings is 1. The van der Waals surface area contributed by atoms with Gasteiger partial charge >= 0.3 is 0 Å². The zero-order valence-electron chi connectivity index (χ0n) is 27.8. The Hall–Kier alpha value is -2.97. The molecule has 2 aromatic rings. The second kappa shape index (κ2) is 25.7. The van der Waals surface area contributed by atoms with E-state index in [1.165, 1.54) is 50.3 Å². The molecule has 1 heterocycles. The van der Waals surface area contributed by atoms with Crippen LogP contribution in [0.25, 0.3) is 0 Å². The van der Waals surface area contributed by atoms with Crippen molar-refractivity contribution < 1.29 is 4.79 Å². The number of hydrogen-bond acceptors (Lipinski definition) is 5. The lowest BCUT2D eigenvalue weighted by Gasteiger charge is -2.24. The summed E-state index contributed by atoms with van der Waals surface area (Å²) >= 11 is 0. The van der Waals surface area contributed by atoms with Crippen LogP contribution in [0.3, 0.4) is 0 Å². The Balaban J connectivity index is 0.00000315. The molecule has 8 nitrogen and oxygen atoms in total. The third-order valence-corrected chi connectivity index (χ3v) is 6.71. The third-order valence-electron chi connectivity index (χ3n) is 6.71. The number of nitrogens with two attached hydrogens (primary N) is 1. The average molecular weight is 584 g/mol. The summed E-state index contributed by atoms with van der Waals surface area (Å²) in [6.07, 6.45) is 12.2. The number of carbonyl (C=O) groups is 1. The van der Waals surface area contributed by atoms with Gasteiger partial charge in [-0.1, -0.05) is 86.4 Å². The smallest absolute Gasteiger partial charge is 0.254 e. The van der Waals surface area contributed by atoms with Crippen LogP contribution in [0.15, 0.2) is 54.4 Å². The zero-order valence-corrected chi connectivity index (χ0v) is 27.8. The fraction of sp³-hybridized carbons (Fsp3) is 0.618. The summed E-state index contributed by atoms with van der Waals surface area (Å²) in [6.45, 7) is 24.3. The largest absolute Gasteiger partial charge is 0.386 e. The number of unbranched alkanes of at least 4 members (excludes halogenated alkanes) is 1. The normalized spacial score (nSPS) is 11.7.